The lowest BCUT2D eigenvalue weighted by Gasteiger charge is -2.09. The van der Waals surface area contributed by atoms with Crippen LogP contribution in [0, 0.1) is 5.82 Å². The van der Waals surface area contributed by atoms with Gasteiger partial charge >= 0.3 is 0 Å². The number of hydrogen-bond acceptors (Lipinski definition) is 3. The van der Waals surface area contributed by atoms with Crippen LogP contribution in [0.4, 0.5) is 15.8 Å². The van der Waals surface area contributed by atoms with Crippen LogP contribution in [0.2, 0.25) is 5.02 Å². The quantitative estimate of drug-likeness (QED) is 0.544. The molecule has 0 aliphatic carbocycles. The average molecular weight is 431 g/mol. The Hall–Kier alpha value is -3.16. The molecule has 148 valence electrons. The Balaban J connectivity index is 1.63. The van der Waals surface area contributed by atoms with E-state index in [1.807, 2.05) is 0 Å². The van der Waals surface area contributed by atoms with Crippen molar-refractivity contribution in [1.29, 1.82) is 0 Å². The summed E-state index contributed by atoms with van der Waals surface area (Å²) in [5, 5.41) is 3.13. The van der Waals surface area contributed by atoms with E-state index in [2.05, 4.69) is 10.0 Å². The van der Waals surface area contributed by atoms with E-state index >= 15 is 0 Å². The monoisotopic (exact) mass is 430 g/mol. The molecule has 0 aromatic heterocycles. The zero-order chi connectivity index (χ0) is 20.9. The van der Waals surface area contributed by atoms with Crippen LogP contribution in [0.15, 0.2) is 83.8 Å². The van der Waals surface area contributed by atoms with Crippen molar-refractivity contribution in [2.24, 2.45) is 0 Å². The van der Waals surface area contributed by atoms with Gasteiger partial charge in [-0.3, -0.25) is 9.52 Å². The molecule has 29 heavy (non-hydrogen) atoms. The Morgan fingerprint density at radius 3 is 2.07 bits per heavy atom. The summed E-state index contributed by atoms with van der Waals surface area (Å²) in [6, 6.07) is 17.7. The van der Waals surface area contributed by atoms with Crippen LogP contribution in [0.25, 0.3) is 6.08 Å². The van der Waals surface area contributed by atoms with E-state index in [0.717, 1.165) is 0 Å². The molecule has 0 fully saturated rings. The van der Waals surface area contributed by atoms with Crippen molar-refractivity contribution in [3.8, 4) is 0 Å². The standard InChI is InChI=1S/C21H16ClFN2O3S/c22-16-4-8-19(9-5-16)25-29(27,28)20-12-10-18(11-13-20)24-21(26)14-3-15-1-6-17(23)7-2-15/h1-14,25H,(H,24,26)/b14-3+. The number of nitrogens with one attached hydrogen (secondary N) is 2. The highest BCUT2D eigenvalue weighted by molar-refractivity contribution is 7.92. The van der Waals surface area contributed by atoms with E-state index in [9.17, 15) is 17.6 Å². The van der Waals surface area contributed by atoms with Gasteiger partial charge in [-0.1, -0.05) is 23.7 Å². The van der Waals surface area contributed by atoms with Crippen molar-refractivity contribution in [2.45, 2.75) is 4.90 Å². The van der Waals surface area contributed by atoms with E-state index < -0.39 is 15.9 Å². The van der Waals surface area contributed by atoms with E-state index in [1.165, 1.54) is 42.5 Å². The molecule has 0 unspecified atom stereocenters. The number of carbonyl (C=O) groups excluding carboxylic acids is 1. The molecule has 3 rings (SSSR count). The molecule has 0 spiro atoms. The summed E-state index contributed by atoms with van der Waals surface area (Å²) in [5.41, 5.74) is 1.50. The molecule has 0 saturated heterocycles. The molecular formula is C21H16ClFN2O3S. The Labute approximate surface area is 172 Å². The molecule has 0 atom stereocenters. The van der Waals surface area contributed by atoms with Gasteiger partial charge in [-0.05, 0) is 72.3 Å². The Morgan fingerprint density at radius 2 is 1.45 bits per heavy atom. The molecule has 0 aliphatic heterocycles. The molecule has 2 N–H and O–H groups in total. The molecule has 3 aromatic carbocycles. The van der Waals surface area contributed by atoms with Gasteiger partial charge < -0.3 is 5.32 Å². The van der Waals surface area contributed by atoms with Gasteiger partial charge in [0.05, 0.1) is 4.90 Å². The normalized spacial score (nSPS) is 11.4. The zero-order valence-electron chi connectivity index (χ0n) is 15.0. The zero-order valence-corrected chi connectivity index (χ0v) is 16.5. The highest BCUT2D eigenvalue weighted by Gasteiger charge is 2.14. The summed E-state index contributed by atoms with van der Waals surface area (Å²) in [4.78, 5) is 12.0. The first-order valence-corrected chi connectivity index (χ1v) is 10.3. The molecule has 5 nitrogen and oxygen atoms in total. The van der Waals surface area contributed by atoms with E-state index in [-0.39, 0.29) is 10.7 Å². The maximum Gasteiger partial charge on any atom is 0.261 e. The third kappa shape index (κ3) is 5.91. The van der Waals surface area contributed by atoms with Crippen LogP contribution in [-0.4, -0.2) is 14.3 Å². The number of hydrogen-bond donors (Lipinski definition) is 2. The minimum Gasteiger partial charge on any atom is -0.323 e. The van der Waals surface area contributed by atoms with Crippen molar-refractivity contribution in [2.75, 3.05) is 10.0 Å². The molecule has 3 aromatic rings. The fourth-order valence-electron chi connectivity index (χ4n) is 2.38. The molecule has 0 aliphatic rings. The first-order valence-electron chi connectivity index (χ1n) is 8.45. The first-order chi connectivity index (χ1) is 13.8. The molecule has 0 saturated carbocycles. The molecule has 8 heteroatoms. The molecule has 0 bridgehead atoms. The van der Waals surface area contributed by atoms with Crippen LogP contribution in [0.1, 0.15) is 5.56 Å². The summed E-state index contributed by atoms with van der Waals surface area (Å²) in [5.74, 6) is -0.753. The van der Waals surface area contributed by atoms with Gasteiger partial charge in [0, 0.05) is 22.5 Å². The number of carbonyl (C=O) groups is 1. The topological polar surface area (TPSA) is 75.3 Å². The van der Waals surface area contributed by atoms with E-state index in [0.29, 0.717) is 22.0 Å². The average Bonchev–Trinajstić information content (AvgIpc) is 2.70. The van der Waals surface area contributed by atoms with Crippen LogP contribution < -0.4 is 10.0 Å². The number of sulfonamides is 1. The van der Waals surface area contributed by atoms with Crippen molar-refractivity contribution in [3.63, 3.8) is 0 Å². The number of rotatable bonds is 6. The predicted molar refractivity (Wildman–Crippen MR) is 113 cm³/mol. The Bertz CT molecular complexity index is 1130. The lowest BCUT2D eigenvalue weighted by Crippen LogP contribution is -2.13. The summed E-state index contributed by atoms with van der Waals surface area (Å²) < 4.78 is 40.2. The first kappa shape index (κ1) is 20.6. The number of anilines is 2. The summed E-state index contributed by atoms with van der Waals surface area (Å²) >= 11 is 5.79. The predicted octanol–water partition coefficient (Wildman–Crippen LogP) is 4.93. The maximum absolute atomic E-state index is 12.9. The summed E-state index contributed by atoms with van der Waals surface area (Å²) in [6.45, 7) is 0. The summed E-state index contributed by atoms with van der Waals surface area (Å²) in [6.07, 6.45) is 2.85. The highest BCUT2D eigenvalue weighted by Crippen LogP contribution is 2.20. The van der Waals surface area contributed by atoms with Gasteiger partial charge in [-0.15, -0.1) is 0 Å². The summed E-state index contributed by atoms with van der Waals surface area (Å²) in [7, 11) is -3.77. The van der Waals surface area contributed by atoms with Crippen molar-refractivity contribution >= 4 is 45.0 Å². The lowest BCUT2D eigenvalue weighted by atomic mass is 10.2. The van der Waals surface area contributed by atoms with Gasteiger partial charge in [0.1, 0.15) is 5.82 Å². The third-order valence-electron chi connectivity index (χ3n) is 3.83. The van der Waals surface area contributed by atoms with Crippen LogP contribution in [-0.2, 0) is 14.8 Å². The largest absolute Gasteiger partial charge is 0.323 e. The minimum absolute atomic E-state index is 0.0484. The van der Waals surface area contributed by atoms with Crippen molar-refractivity contribution < 1.29 is 17.6 Å². The van der Waals surface area contributed by atoms with Crippen LogP contribution in [0.3, 0.4) is 0 Å². The van der Waals surface area contributed by atoms with E-state index in [1.54, 1.807) is 42.5 Å². The minimum atomic E-state index is -3.77. The maximum atomic E-state index is 12.9. The number of amides is 1. The van der Waals surface area contributed by atoms with Gasteiger partial charge in [0.25, 0.3) is 10.0 Å². The number of halogens is 2. The third-order valence-corrected chi connectivity index (χ3v) is 5.47. The second-order valence-corrected chi connectivity index (χ2v) is 8.13. The fraction of sp³-hybridized carbons (Fsp3) is 0. The van der Waals surface area contributed by atoms with Gasteiger partial charge in [-0.2, -0.15) is 0 Å². The SMILES string of the molecule is O=C(/C=C/c1ccc(F)cc1)Nc1ccc(S(=O)(=O)Nc2ccc(Cl)cc2)cc1. The van der Waals surface area contributed by atoms with Gasteiger partial charge in [0.15, 0.2) is 0 Å². The van der Waals surface area contributed by atoms with Crippen LogP contribution >= 0.6 is 11.6 Å². The molecule has 0 heterocycles. The second-order valence-electron chi connectivity index (χ2n) is 6.01. The second kappa shape index (κ2) is 8.89. The fourth-order valence-corrected chi connectivity index (χ4v) is 3.56. The smallest absolute Gasteiger partial charge is 0.261 e. The van der Waals surface area contributed by atoms with Gasteiger partial charge in [-0.25, -0.2) is 12.8 Å². The molecule has 1 amide bonds. The van der Waals surface area contributed by atoms with E-state index in [4.69, 9.17) is 11.6 Å². The lowest BCUT2D eigenvalue weighted by molar-refractivity contribution is -0.111. The Kier molecular flexibility index (Phi) is 6.31. The van der Waals surface area contributed by atoms with Crippen molar-refractivity contribution in [1.82, 2.24) is 0 Å². The number of benzene rings is 3. The molecular weight excluding hydrogens is 415 g/mol. The Morgan fingerprint density at radius 1 is 0.862 bits per heavy atom. The van der Waals surface area contributed by atoms with Gasteiger partial charge in [0.2, 0.25) is 5.91 Å². The van der Waals surface area contributed by atoms with Crippen molar-refractivity contribution in [3.05, 3.63) is 95.3 Å². The highest BCUT2D eigenvalue weighted by atomic mass is 35.5. The van der Waals surface area contributed by atoms with Crippen LogP contribution in [0.5, 0.6) is 0 Å². The molecule has 0 radical (unpaired) electrons.